The second-order valence-electron chi connectivity index (χ2n) is 7.58. The number of hydrogen-bond acceptors (Lipinski definition) is 5. The van der Waals surface area contributed by atoms with E-state index >= 15 is 0 Å². The van der Waals surface area contributed by atoms with E-state index in [9.17, 15) is 9.90 Å². The van der Waals surface area contributed by atoms with Crippen LogP contribution in [-0.2, 0) is 14.9 Å². The number of ether oxygens (including phenoxy) is 3. The van der Waals surface area contributed by atoms with E-state index in [-0.39, 0.29) is 23.9 Å². The predicted octanol–water partition coefficient (Wildman–Crippen LogP) is 5.63. The zero-order valence-corrected chi connectivity index (χ0v) is 20.1. The number of aliphatic hydroxyl groups is 1. The van der Waals surface area contributed by atoms with E-state index in [0.717, 1.165) is 16.9 Å². The Labute approximate surface area is 198 Å². The average Bonchev–Trinajstić information content (AvgIpc) is 2.72. The van der Waals surface area contributed by atoms with Crippen molar-refractivity contribution in [2.24, 2.45) is 0 Å². The number of alkyl halides is 1. The van der Waals surface area contributed by atoms with Gasteiger partial charge in [-0.2, -0.15) is 0 Å². The molecule has 0 aromatic heterocycles. The molecule has 170 valence electrons. The van der Waals surface area contributed by atoms with Crippen LogP contribution in [0.5, 0.6) is 11.5 Å². The fourth-order valence-corrected chi connectivity index (χ4v) is 3.57. The Hall–Kier alpha value is -1.66. The minimum Gasteiger partial charge on any atom is -0.493 e. The van der Waals surface area contributed by atoms with Crippen LogP contribution in [0.1, 0.15) is 38.3 Å². The summed E-state index contributed by atoms with van der Waals surface area (Å²) in [6.07, 6.45) is -0.174. The number of esters is 1. The van der Waals surface area contributed by atoms with E-state index < -0.39 is 6.10 Å². The Morgan fingerprint density at radius 1 is 1.03 bits per heavy atom. The molecule has 2 rings (SSSR count). The van der Waals surface area contributed by atoms with Gasteiger partial charge in [-0.1, -0.05) is 49.2 Å². The highest BCUT2D eigenvalue weighted by molar-refractivity contribution is 6.37. The molecule has 8 heteroatoms. The van der Waals surface area contributed by atoms with Gasteiger partial charge in [-0.25, -0.2) is 0 Å². The van der Waals surface area contributed by atoms with E-state index in [1.807, 2.05) is 36.4 Å². The minimum atomic E-state index is -0.799. The molecule has 5 nitrogen and oxygen atoms in total. The zero-order chi connectivity index (χ0) is 23.0. The van der Waals surface area contributed by atoms with Crippen molar-refractivity contribution in [3.05, 3.63) is 57.6 Å². The lowest BCUT2D eigenvalue weighted by Gasteiger charge is -2.27. The van der Waals surface area contributed by atoms with Crippen molar-refractivity contribution in [1.82, 2.24) is 0 Å². The fourth-order valence-electron chi connectivity index (χ4n) is 2.88. The third-order valence-electron chi connectivity index (χ3n) is 4.76. The summed E-state index contributed by atoms with van der Waals surface area (Å²) >= 11 is 18.4. The fraction of sp³-hybridized carbons (Fsp3) is 0.435. The lowest BCUT2D eigenvalue weighted by atomic mass is 9.78. The van der Waals surface area contributed by atoms with Gasteiger partial charge in [-0.15, -0.1) is 11.6 Å². The van der Waals surface area contributed by atoms with E-state index in [1.54, 1.807) is 0 Å². The van der Waals surface area contributed by atoms with Gasteiger partial charge in [-0.3, -0.25) is 4.79 Å². The highest BCUT2D eigenvalue weighted by Crippen LogP contribution is 2.40. The molecule has 0 fully saturated rings. The number of carbonyl (C=O) groups is 1. The van der Waals surface area contributed by atoms with Crippen LogP contribution in [0, 0.1) is 0 Å². The molecule has 0 saturated heterocycles. The van der Waals surface area contributed by atoms with Crippen molar-refractivity contribution in [2.45, 2.75) is 38.7 Å². The first kappa shape index (κ1) is 25.6. The largest absolute Gasteiger partial charge is 0.493 e. The van der Waals surface area contributed by atoms with E-state index in [0.29, 0.717) is 35.4 Å². The lowest BCUT2D eigenvalue weighted by molar-refractivity contribution is -0.141. The van der Waals surface area contributed by atoms with Crippen molar-refractivity contribution in [1.29, 1.82) is 0 Å². The molecule has 31 heavy (non-hydrogen) atoms. The number of halogens is 3. The molecule has 0 saturated carbocycles. The summed E-state index contributed by atoms with van der Waals surface area (Å²) in [5.74, 6) is 0.829. The highest BCUT2D eigenvalue weighted by atomic mass is 35.5. The van der Waals surface area contributed by atoms with Gasteiger partial charge in [0, 0.05) is 18.8 Å². The summed E-state index contributed by atoms with van der Waals surface area (Å²) in [6.45, 7) is 6.33. The second-order valence-corrected chi connectivity index (χ2v) is 8.70. The van der Waals surface area contributed by atoms with Gasteiger partial charge >= 0.3 is 5.97 Å². The molecule has 0 radical (unpaired) electrons. The summed E-state index contributed by atoms with van der Waals surface area (Å²) in [7, 11) is 0. The normalized spacial score (nSPS) is 12.4. The van der Waals surface area contributed by atoms with Crippen LogP contribution in [0.4, 0.5) is 0 Å². The molecule has 0 aliphatic heterocycles. The summed E-state index contributed by atoms with van der Waals surface area (Å²) in [6, 6.07) is 11.4. The van der Waals surface area contributed by atoms with Crippen LogP contribution < -0.4 is 9.47 Å². The number of hydrogen-bond donors (Lipinski definition) is 1. The topological polar surface area (TPSA) is 65.0 Å². The molecular formula is C23H27Cl3O5. The number of aliphatic hydroxyl groups excluding tert-OH is 1. The number of benzene rings is 2. The maximum absolute atomic E-state index is 10.8. The van der Waals surface area contributed by atoms with Crippen LogP contribution in [0.25, 0.3) is 0 Å². The van der Waals surface area contributed by atoms with E-state index in [4.69, 9.17) is 49.0 Å². The summed E-state index contributed by atoms with van der Waals surface area (Å²) in [5.41, 5.74) is 1.59. The number of carbonyl (C=O) groups excluding carboxylic acids is 1. The summed E-state index contributed by atoms with van der Waals surface area (Å²) < 4.78 is 16.1. The Morgan fingerprint density at radius 3 is 2.19 bits per heavy atom. The first-order chi connectivity index (χ1) is 14.6. The summed E-state index contributed by atoms with van der Waals surface area (Å²) in [4.78, 5) is 10.8. The van der Waals surface area contributed by atoms with Gasteiger partial charge in [0.25, 0.3) is 0 Å². The minimum absolute atomic E-state index is 0.00796. The van der Waals surface area contributed by atoms with Crippen LogP contribution in [0.3, 0.4) is 0 Å². The highest BCUT2D eigenvalue weighted by Gasteiger charge is 2.26. The maximum atomic E-state index is 10.8. The average molecular weight is 490 g/mol. The van der Waals surface area contributed by atoms with Crippen LogP contribution in [-0.4, -0.2) is 42.9 Å². The molecule has 0 unspecified atom stereocenters. The number of rotatable bonds is 11. The molecule has 2 aromatic rings. The molecule has 1 atom stereocenters. The van der Waals surface area contributed by atoms with Gasteiger partial charge < -0.3 is 19.3 Å². The van der Waals surface area contributed by atoms with Crippen molar-refractivity contribution in [2.75, 3.05) is 25.7 Å². The molecule has 0 spiro atoms. The Balaban J connectivity index is 2.07. The van der Waals surface area contributed by atoms with Gasteiger partial charge in [0.05, 0.1) is 29.1 Å². The Kier molecular flexibility index (Phi) is 9.76. The zero-order valence-electron chi connectivity index (χ0n) is 17.8. The molecule has 2 aromatic carbocycles. The quantitative estimate of drug-likeness (QED) is 0.252. The standard InChI is InChI=1S/C23H27Cl3O5/c1-15(27)29-9-4-10-30-19-7-5-16(6-8-19)23(2,3)17-11-20(25)22(21(26)12-17)31-14-18(28)13-24/h5-8,11-12,18,28H,4,9-10,13-14H2,1-3H3/t18-/m0/s1. The molecular weight excluding hydrogens is 463 g/mol. The van der Waals surface area contributed by atoms with Gasteiger partial charge in [-0.05, 0) is 35.4 Å². The van der Waals surface area contributed by atoms with Gasteiger partial charge in [0.15, 0.2) is 5.75 Å². The molecule has 0 heterocycles. The Bertz CT molecular complexity index is 845. The second kappa shape index (κ2) is 11.8. The van der Waals surface area contributed by atoms with E-state index in [1.165, 1.54) is 6.92 Å². The van der Waals surface area contributed by atoms with Crippen LogP contribution in [0.15, 0.2) is 36.4 Å². The third-order valence-corrected chi connectivity index (χ3v) is 5.67. The monoisotopic (exact) mass is 488 g/mol. The SMILES string of the molecule is CC(=O)OCCCOc1ccc(C(C)(C)c2cc(Cl)c(OC[C@@H](O)CCl)c(Cl)c2)cc1. The van der Waals surface area contributed by atoms with Crippen molar-refractivity contribution in [3.8, 4) is 11.5 Å². The van der Waals surface area contributed by atoms with Gasteiger partial charge in [0.1, 0.15) is 18.5 Å². The molecule has 0 aliphatic rings. The molecule has 1 N–H and O–H groups in total. The van der Waals surface area contributed by atoms with Crippen molar-refractivity contribution < 1.29 is 24.1 Å². The Morgan fingerprint density at radius 2 is 1.65 bits per heavy atom. The molecule has 0 aliphatic carbocycles. The van der Waals surface area contributed by atoms with E-state index in [2.05, 4.69) is 13.8 Å². The predicted molar refractivity (Wildman–Crippen MR) is 124 cm³/mol. The third kappa shape index (κ3) is 7.46. The molecule has 0 bridgehead atoms. The van der Waals surface area contributed by atoms with Crippen molar-refractivity contribution in [3.63, 3.8) is 0 Å². The maximum Gasteiger partial charge on any atom is 0.302 e. The van der Waals surface area contributed by atoms with Crippen LogP contribution in [0.2, 0.25) is 10.0 Å². The summed E-state index contributed by atoms with van der Waals surface area (Å²) in [5, 5.41) is 10.3. The molecule has 0 amide bonds. The van der Waals surface area contributed by atoms with Crippen molar-refractivity contribution >= 4 is 40.8 Å². The van der Waals surface area contributed by atoms with Crippen LogP contribution >= 0.6 is 34.8 Å². The lowest BCUT2D eigenvalue weighted by Crippen LogP contribution is -2.20. The first-order valence-corrected chi connectivity index (χ1v) is 11.2. The first-order valence-electron chi connectivity index (χ1n) is 9.88. The van der Waals surface area contributed by atoms with Gasteiger partial charge in [0.2, 0.25) is 0 Å². The smallest absolute Gasteiger partial charge is 0.302 e.